The van der Waals surface area contributed by atoms with Crippen LogP contribution in [0.25, 0.3) is 0 Å². The van der Waals surface area contributed by atoms with Crippen molar-refractivity contribution in [3.8, 4) is 34.5 Å². The highest BCUT2D eigenvalue weighted by molar-refractivity contribution is 6.15. The van der Waals surface area contributed by atoms with Gasteiger partial charge in [0, 0.05) is 70.8 Å². The maximum atomic E-state index is 6.24. The summed E-state index contributed by atoms with van der Waals surface area (Å²) < 4.78 is 34.6. The van der Waals surface area contributed by atoms with Crippen LogP contribution in [0.3, 0.4) is 0 Å². The Morgan fingerprint density at radius 1 is 0.349 bits per heavy atom. The van der Waals surface area contributed by atoms with Crippen LogP contribution in [0.5, 0.6) is 34.5 Å². The Bertz CT molecular complexity index is 2350. The lowest BCUT2D eigenvalue weighted by atomic mass is 10.0. The highest BCUT2D eigenvalue weighted by atomic mass is 16.6. The van der Waals surface area contributed by atoms with E-state index in [1.165, 1.54) is 0 Å². The Morgan fingerprint density at radius 3 is 0.905 bits per heavy atom. The second kappa shape index (κ2) is 22.9. The number of benzene rings is 6. The van der Waals surface area contributed by atoms with Crippen LogP contribution in [0.2, 0.25) is 0 Å². The molecule has 0 radical (unpaired) electrons. The first kappa shape index (κ1) is 43.6. The maximum Gasteiger partial charge on any atom is 0.132 e. The molecule has 0 aliphatic carbocycles. The molecule has 0 saturated carbocycles. The van der Waals surface area contributed by atoms with Crippen LogP contribution in [-0.4, -0.2) is 78.1 Å². The summed E-state index contributed by atoms with van der Waals surface area (Å²) in [5.41, 5.74) is 7.41. The number of fused-ring (bicyclic) bond motifs is 3. The number of nitrogens with zero attached hydrogens (tertiary/aromatic N) is 3. The topological polar surface area (TPSA) is 120 Å². The molecule has 0 bridgehead atoms. The van der Waals surface area contributed by atoms with Gasteiger partial charge in [-0.3, -0.25) is 0 Å². The normalized spacial score (nSPS) is 16.9. The molecule has 0 N–H and O–H groups in total. The number of hydrogen-bond donors (Lipinski definition) is 0. The summed E-state index contributed by atoms with van der Waals surface area (Å²) in [5, 5.41) is 13.4. The number of ether oxygens (including phenoxy) is 6. The second-order valence-electron chi connectivity index (χ2n) is 14.1. The van der Waals surface area contributed by atoms with Crippen LogP contribution in [0.15, 0.2) is 161 Å². The zero-order valence-electron chi connectivity index (χ0n) is 35.7. The number of oxime groups is 3. The van der Waals surface area contributed by atoms with E-state index in [4.69, 9.17) is 42.9 Å². The third-order valence-corrected chi connectivity index (χ3v) is 9.85. The fraction of sp³-hybridized carbons (Fsp3) is 0.235. The molecule has 2 heterocycles. The second-order valence-corrected chi connectivity index (χ2v) is 14.1. The number of hydrogen-bond acceptors (Lipinski definition) is 12. The van der Waals surface area contributed by atoms with Crippen molar-refractivity contribution in [1.29, 1.82) is 0 Å². The summed E-state index contributed by atoms with van der Waals surface area (Å²) >= 11 is 0. The first-order valence-corrected chi connectivity index (χ1v) is 20.8. The molecule has 0 atom stereocenters. The van der Waals surface area contributed by atoms with E-state index in [9.17, 15) is 0 Å². The lowest BCUT2D eigenvalue weighted by Crippen LogP contribution is -2.12. The molecule has 63 heavy (non-hydrogen) atoms. The summed E-state index contributed by atoms with van der Waals surface area (Å²) in [5.74, 6) is 4.18. The van der Waals surface area contributed by atoms with Crippen LogP contribution in [0.1, 0.15) is 52.6 Å². The maximum absolute atomic E-state index is 6.24. The van der Waals surface area contributed by atoms with Gasteiger partial charge < -0.3 is 42.9 Å². The third kappa shape index (κ3) is 11.9. The summed E-state index contributed by atoms with van der Waals surface area (Å²) in [4.78, 5) is 17.1. The molecule has 324 valence electrons. The van der Waals surface area contributed by atoms with Gasteiger partial charge in [-0.15, -0.1) is 0 Å². The molecule has 0 saturated heterocycles. The molecule has 12 nitrogen and oxygen atoms in total. The fourth-order valence-electron chi connectivity index (χ4n) is 6.64. The van der Waals surface area contributed by atoms with Crippen LogP contribution in [0.4, 0.5) is 0 Å². The minimum Gasteiger partial charge on any atom is -0.497 e. The first-order chi connectivity index (χ1) is 31.1. The monoisotopic (exact) mass is 849 g/mol. The van der Waals surface area contributed by atoms with Gasteiger partial charge in [0.05, 0.1) is 41.2 Å². The number of rotatable bonds is 6. The molecular formula is C51H51N3O9. The molecule has 2 aliphatic heterocycles. The highest BCUT2D eigenvalue weighted by Crippen LogP contribution is 2.31. The molecule has 0 amide bonds. The van der Waals surface area contributed by atoms with Crippen molar-refractivity contribution >= 4 is 17.1 Å². The van der Waals surface area contributed by atoms with Crippen molar-refractivity contribution in [2.75, 3.05) is 61.0 Å². The molecule has 6 aromatic carbocycles. The SMILES string of the molecule is COc1ccc2c(c1)OCCCO/N=C(\c1ccccc1)c1ccc(OC)cc1OCCCO/N=C/2c1ccccc1.COc1ccc2c(c1)OCCCO/N=C/2c1ccccc1. The lowest BCUT2D eigenvalue weighted by Gasteiger charge is -2.16. The van der Waals surface area contributed by atoms with Crippen LogP contribution < -0.4 is 28.4 Å². The Balaban J connectivity index is 0.000000236. The van der Waals surface area contributed by atoms with E-state index in [1.807, 2.05) is 146 Å². The van der Waals surface area contributed by atoms with Gasteiger partial charge in [-0.25, -0.2) is 0 Å². The van der Waals surface area contributed by atoms with Crippen molar-refractivity contribution in [3.63, 3.8) is 0 Å². The van der Waals surface area contributed by atoms with Crippen molar-refractivity contribution in [1.82, 2.24) is 0 Å². The minimum atomic E-state index is 0.352. The van der Waals surface area contributed by atoms with E-state index in [0.29, 0.717) is 86.9 Å². The quantitative estimate of drug-likeness (QED) is 0.161. The molecule has 12 heteroatoms. The minimum absolute atomic E-state index is 0.352. The van der Waals surface area contributed by atoms with Gasteiger partial charge in [0.25, 0.3) is 0 Å². The lowest BCUT2D eigenvalue weighted by molar-refractivity contribution is 0.125. The highest BCUT2D eigenvalue weighted by Gasteiger charge is 2.19. The van der Waals surface area contributed by atoms with Gasteiger partial charge in [-0.05, 0) is 36.4 Å². The zero-order chi connectivity index (χ0) is 43.5. The van der Waals surface area contributed by atoms with Crippen molar-refractivity contribution in [2.45, 2.75) is 19.3 Å². The predicted molar refractivity (Wildman–Crippen MR) is 243 cm³/mol. The molecule has 0 aromatic heterocycles. The van der Waals surface area contributed by atoms with Gasteiger partial charge in [-0.2, -0.15) is 0 Å². The van der Waals surface area contributed by atoms with Crippen LogP contribution in [-0.2, 0) is 14.5 Å². The first-order valence-electron chi connectivity index (χ1n) is 20.8. The van der Waals surface area contributed by atoms with E-state index in [2.05, 4.69) is 15.5 Å². The molecule has 0 unspecified atom stereocenters. The molecule has 2 aliphatic rings. The Labute approximate surface area is 368 Å². The Morgan fingerprint density at radius 2 is 0.635 bits per heavy atom. The molecule has 6 aromatic rings. The molecule has 0 fully saturated rings. The van der Waals surface area contributed by atoms with E-state index in [-0.39, 0.29) is 0 Å². The van der Waals surface area contributed by atoms with Gasteiger partial charge in [0.2, 0.25) is 0 Å². The Kier molecular flexibility index (Phi) is 15.9. The molecule has 8 rings (SSSR count). The van der Waals surface area contributed by atoms with E-state index >= 15 is 0 Å². The fourth-order valence-corrected chi connectivity index (χ4v) is 6.64. The summed E-state index contributed by atoms with van der Waals surface area (Å²) in [6.07, 6.45) is 1.99. The summed E-state index contributed by atoms with van der Waals surface area (Å²) in [6.45, 7) is 2.64. The van der Waals surface area contributed by atoms with Crippen LogP contribution >= 0.6 is 0 Å². The van der Waals surface area contributed by atoms with Gasteiger partial charge >= 0.3 is 0 Å². The van der Waals surface area contributed by atoms with E-state index in [1.54, 1.807) is 21.3 Å². The summed E-state index contributed by atoms with van der Waals surface area (Å²) in [6, 6.07) is 46.8. The van der Waals surface area contributed by atoms with E-state index in [0.717, 1.165) is 57.0 Å². The number of methoxy groups -OCH3 is 3. The Hall–Kier alpha value is -7.47. The van der Waals surface area contributed by atoms with Gasteiger partial charge in [-0.1, -0.05) is 106 Å². The van der Waals surface area contributed by atoms with Gasteiger partial charge in [0.1, 0.15) is 71.5 Å². The average molecular weight is 850 g/mol. The average Bonchev–Trinajstić information content (AvgIpc) is 3.45. The smallest absolute Gasteiger partial charge is 0.132 e. The van der Waals surface area contributed by atoms with E-state index < -0.39 is 0 Å². The largest absolute Gasteiger partial charge is 0.497 e. The molecule has 0 spiro atoms. The standard InChI is InChI=1S/C34H34N2O6.C17H17NO3/c1-37-27-15-17-29-31(23-27)39-19-9-21-42-36-34(26-13-7-4-8-14-26)30-18-16-28(38-2)24-32(30)40-20-10-22-41-35-33(29)25-11-5-3-6-12-25;1-19-14-8-9-15-16(12-14)20-10-5-11-21-18-17(15)13-6-3-2-4-7-13/h3-8,11-18,23-24H,9-10,19-22H2,1-2H3;2-4,6-9,12H,5,10-11H2,1H3/b35-33+,36-34+;18-17+. The van der Waals surface area contributed by atoms with Gasteiger partial charge in [0.15, 0.2) is 0 Å². The third-order valence-electron chi connectivity index (χ3n) is 9.85. The van der Waals surface area contributed by atoms with Crippen molar-refractivity contribution < 1.29 is 42.9 Å². The predicted octanol–water partition coefficient (Wildman–Crippen LogP) is 9.74. The zero-order valence-corrected chi connectivity index (χ0v) is 35.7. The molecular weight excluding hydrogens is 799 g/mol. The van der Waals surface area contributed by atoms with Crippen LogP contribution in [0, 0.1) is 0 Å². The van der Waals surface area contributed by atoms with Crippen molar-refractivity contribution in [2.24, 2.45) is 15.5 Å². The van der Waals surface area contributed by atoms with Crippen molar-refractivity contribution in [3.05, 3.63) is 179 Å². The summed E-state index contributed by atoms with van der Waals surface area (Å²) in [7, 11) is 4.90.